The van der Waals surface area contributed by atoms with Crippen molar-refractivity contribution in [2.24, 2.45) is 5.92 Å². The van der Waals surface area contributed by atoms with Gasteiger partial charge in [-0.3, -0.25) is 0 Å². The molecule has 3 unspecified atom stereocenters. The summed E-state index contributed by atoms with van der Waals surface area (Å²) < 4.78 is 0. The summed E-state index contributed by atoms with van der Waals surface area (Å²) in [7, 11) is 0. The third kappa shape index (κ3) is 2.12. The van der Waals surface area contributed by atoms with Gasteiger partial charge in [0.2, 0.25) is 0 Å². The number of fused-ring (bicyclic) bond motifs is 2. The maximum Gasteiger partial charge on any atom is 0.0740 e. The second kappa shape index (κ2) is 4.11. The van der Waals surface area contributed by atoms with Gasteiger partial charge in [0.15, 0.2) is 0 Å². The van der Waals surface area contributed by atoms with Crippen LogP contribution in [0.4, 0.5) is 0 Å². The molecule has 1 aromatic rings. The van der Waals surface area contributed by atoms with Crippen molar-refractivity contribution >= 4 is 0 Å². The molecule has 2 heteroatoms. The first-order valence-corrected chi connectivity index (χ1v) is 6.66. The van der Waals surface area contributed by atoms with Gasteiger partial charge in [-0.25, -0.2) is 0 Å². The first kappa shape index (κ1) is 11.2. The van der Waals surface area contributed by atoms with E-state index in [2.05, 4.69) is 36.1 Å². The van der Waals surface area contributed by atoms with Gasteiger partial charge in [-0.15, -0.1) is 0 Å². The lowest BCUT2D eigenvalue weighted by Gasteiger charge is -2.39. The van der Waals surface area contributed by atoms with Gasteiger partial charge in [-0.1, -0.05) is 29.8 Å². The number of hydrogen-bond donors (Lipinski definition) is 1. The highest BCUT2D eigenvalue weighted by Crippen LogP contribution is 2.37. The molecule has 2 aliphatic rings. The zero-order chi connectivity index (χ0) is 11.9. The normalized spacial score (nSPS) is 36.1. The van der Waals surface area contributed by atoms with Crippen LogP contribution in [0.2, 0.25) is 0 Å². The standard InChI is InChI=1S/C15H21NO/c1-12-2-4-13(5-3-12)10-15(17)7-9-16-8-6-14(15)11-16/h2-5,14,17H,6-11H2,1H3. The molecule has 3 rings (SSSR count). The Labute approximate surface area is 103 Å². The van der Waals surface area contributed by atoms with Gasteiger partial charge >= 0.3 is 0 Å². The van der Waals surface area contributed by atoms with Gasteiger partial charge < -0.3 is 10.0 Å². The molecule has 2 heterocycles. The SMILES string of the molecule is Cc1ccc(CC2(O)CCN3CCC2C3)cc1. The van der Waals surface area contributed by atoms with Crippen LogP contribution in [-0.4, -0.2) is 35.2 Å². The van der Waals surface area contributed by atoms with E-state index in [1.54, 1.807) is 0 Å². The summed E-state index contributed by atoms with van der Waals surface area (Å²) in [4.78, 5) is 2.48. The summed E-state index contributed by atoms with van der Waals surface area (Å²) in [6.07, 6.45) is 2.93. The average Bonchev–Trinajstić information content (AvgIpc) is 2.74. The molecule has 1 N–H and O–H groups in total. The molecule has 0 amide bonds. The molecule has 2 fully saturated rings. The minimum Gasteiger partial charge on any atom is -0.389 e. The summed E-state index contributed by atoms with van der Waals surface area (Å²) in [5.41, 5.74) is 2.11. The Kier molecular flexibility index (Phi) is 2.72. The summed E-state index contributed by atoms with van der Waals surface area (Å²) in [6, 6.07) is 8.61. The van der Waals surface area contributed by atoms with Crippen molar-refractivity contribution in [2.45, 2.75) is 31.8 Å². The second-order valence-electron chi connectivity index (χ2n) is 5.80. The largest absolute Gasteiger partial charge is 0.389 e. The quantitative estimate of drug-likeness (QED) is 0.841. The fraction of sp³-hybridized carbons (Fsp3) is 0.600. The molecule has 2 saturated heterocycles. The Morgan fingerprint density at radius 3 is 2.82 bits per heavy atom. The Balaban J connectivity index is 1.77. The molecule has 0 spiro atoms. The van der Waals surface area contributed by atoms with Crippen LogP contribution in [0.1, 0.15) is 24.0 Å². The van der Waals surface area contributed by atoms with Crippen molar-refractivity contribution in [3.05, 3.63) is 35.4 Å². The highest BCUT2D eigenvalue weighted by Gasteiger charge is 2.44. The Morgan fingerprint density at radius 1 is 1.29 bits per heavy atom. The Bertz CT molecular complexity index is 400. The molecule has 17 heavy (non-hydrogen) atoms. The lowest BCUT2D eigenvalue weighted by atomic mass is 9.78. The van der Waals surface area contributed by atoms with Crippen LogP contribution in [0.15, 0.2) is 24.3 Å². The molecule has 0 saturated carbocycles. The summed E-state index contributed by atoms with van der Waals surface area (Å²) in [6.45, 7) is 5.45. The molecule has 0 radical (unpaired) electrons. The lowest BCUT2D eigenvalue weighted by Crippen LogP contribution is -2.47. The van der Waals surface area contributed by atoms with Gasteiger partial charge in [-0.05, 0) is 31.9 Å². The van der Waals surface area contributed by atoms with Crippen molar-refractivity contribution in [2.75, 3.05) is 19.6 Å². The molecular weight excluding hydrogens is 210 g/mol. The van der Waals surface area contributed by atoms with Crippen LogP contribution in [0.25, 0.3) is 0 Å². The molecule has 2 nitrogen and oxygen atoms in total. The maximum absolute atomic E-state index is 10.9. The number of hydrogen-bond acceptors (Lipinski definition) is 2. The third-order valence-electron chi connectivity index (χ3n) is 4.52. The maximum atomic E-state index is 10.9. The van der Waals surface area contributed by atoms with Crippen molar-refractivity contribution in [3.8, 4) is 0 Å². The Hall–Kier alpha value is -0.860. The third-order valence-corrected chi connectivity index (χ3v) is 4.52. The van der Waals surface area contributed by atoms with E-state index in [0.717, 1.165) is 25.9 Å². The van der Waals surface area contributed by atoms with Gasteiger partial charge in [0.05, 0.1) is 5.60 Å². The average molecular weight is 231 g/mol. The van der Waals surface area contributed by atoms with Crippen molar-refractivity contribution in [3.63, 3.8) is 0 Å². The second-order valence-corrected chi connectivity index (χ2v) is 5.80. The number of benzene rings is 1. The lowest BCUT2D eigenvalue weighted by molar-refractivity contribution is -0.0438. The summed E-state index contributed by atoms with van der Waals surface area (Å²) in [5.74, 6) is 0.484. The van der Waals surface area contributed by atoms with Gasteiger partial charge in [0.25, 0.3) is 0 Å². The van der Waals surface area contributed by atoms with E-state index in [-0.39, 0.29) is 0 Å². The topological polar surface area (TPSA) is 23.5 Å². The first-order chi connectivity index (χ1) is 8.16. The van der Waals surface area contributed by atoms with E-state index in [0.29, 0.717) is 5.92 Å². The van der Waals surface area contributed by atoms with Crippen LogP contribution in [0.5, 0.6) is 0 Å². The van der Waals surface area contributed by atoms with Gasteiger partial charge in [-0.2, -0.15) is 0 Å². The van der Waals surface area contributed by atoms with Gasteiger partial charge in [0, 0.05) is 25.4 Å². The van der Waals surface area contributed by atoms with E-state index in [1.165, 1.54) is 24.1 Å². The fourth-order valence-corrected chi connectivity index (χ4v) is 3.32. The molecule has 3 atom stereocenters. The predicted octanol–water partition coefficient (Wildman–Crippen LogP) is 1.99. The fourth-order valence-electron chi connectivity index (χ4n) is 3.32. The van der Waals surface area contributed by atoms with E-state index in [1.807, 2.05) is 0 Å². The number of nitrogens with zero attached hydrogens (tertiary/aromatic N) is 1. The molecule has 92 valence electrons. The minimum atomic E-state index is -0.456. The van der Waals surface area contributed by atoms with E-state index in [4.69, 9.17) is 0 Å². The number of rotatable bonds is 2. The van der Waals surface area contributed by atoms with Crippen molar-refractivity contribution in [1.82, 2.24) is 4.90 Å². The van der Waals surface area contributed by atoms with E-state index >= 15 is 0 Å². The molecule has 0 aliphatic carbocycles. The highest BCUT2D eigenvalue weighted by molar-refractivity contribution is 5.23. The smallest absolute Gasteiger partial charge is 0.0740 e. The molecular formula is C15H21NO. The molecule has 1 aromatic carbocycles. The van der Waals surface area contributed by atoms with Crippen LogP contribution in [0, 0.1) is 12.8 Å². The summed E-state index contributed by atoms with van der Waals surface area (Å²) >= 11 is 0. The zero-order valence-corrected chi connectivity index (χ0v) is 10.5. The van der Waals surface area contributed by atoms with Crippen molar-refractivity contribution < 1.29 is 5.11 Å². The number of piperidine rings is 1. The van der Waals surface area contributed by atoms with Gasteiger partial charge in [0.1, 0.15) is 0 Å². The van der Waals surface area contributed by atoms with Crippen LogP contribution in [0.3, 0.4) is 0 Å². The zero-order valence-electron chi connectivity index (χ0n) is 10.5. The predicted molar refractivity (Wildman–Crippen MR) is 69.0 cm³/mol. The van der Waals surface area contributed by atoms with Crippen LogP contribution >= 0.6 is 0 Å². The molecule has 0 aromatic heterocycles. The van der Waals surface area contributed by atoms with Crippen LogP contribution < -0.4 is 0 Å². The molecule has 2 bridgehead atoms. The Morgan fingerprint density at radius 2 is 2.06 bits per heavy atom. The van der Waals surface area contributed by atoms with Crippen molar-refractivity contribution in [1.29, 1.82) is 0 Å². The monoisotopic (exact) mass is 231 g/mol. The highest BCUT2D eigenvalue weighted by atomic mass is 16.3. The van der Waals surface area contributed by atoms with E-state index in [9.17, 15) is 5.11 Å². The number of aliphatic hydroxyl groups is 1. The van der Waals surface area contributed by atoms with E-state index < -0.39 is 5.60 Å². The first-order valence-electron chi connectivity index (χ1n) is 6.66. The number of aryl methyl sites for hydroxylation is 1. The minimum absolute atomic E-state index is 0.456. The molecule has 2 aliphatic heterocycles. The summed E-state index contributed by atoms with van der Waals surface area (Å²) in [5, 5.41) is 10.9. The van der Waals surface area contributed by atoms with Crippen LogP contribution in [-0.2, 0) is 6.42 Å².